The maximum absolute atomic E-state index is 5.29. The van der Waals surface area contributed by atoms with Gasteiger partial charge in [-0.15, -0.1) is 0 Å². The molecule has 1 N–H and O–H groups in total. The highest BCUT2D eigenvalue weighted by Gasteiger charge is 2.06. The Morgan fingerprint density at radius 2 is 2.00 bits per heavy atom. The van der Waals surface area contributed by atoms with E-state index in [9.17, 15) is 0 Å². The van der Waals surface area contributed by atoms with Crippen LogP contribution in [0.3, 0.4) is 0 Å². The molecule has 1 aromatic carbocycles. The predicted octanol–water partition coefficient (Wildman–Crippen LogP) is 2.49. The number of hydrogen-bond donors (Lipinski definition) is 1. The van der Waals surface area contributed by atoms with Gasteiger partial charge in [-0.1, -0.05) is 30.3 Å². The van der Waals surface area contributed by atoms with Crippen molar-refractivity contribution in [1.82, 2.24) is 10.2 Å². The third-order valence-corrected chi connectivity index (χ3v) is 2.84. The first-order chi connectivity index (χ1) is 9.29. The number of hydrogen-bond acceptors (Lipinski definition) is 2. The summed E-state index contributed by atoms with van der Waals surface area (Å²) in [5.74, 6) is 1.74. The Morgan fingerprint density at radius 3 is 2.63 bits per heavy atom. The standard InChI is InChI=1S/C15H19N3O/c1-16-15(17-11-14-9-6-10-19-14)18(2)12-13-7-4-3-5-8-13/h3-10H,11-12H2,1-2H3,(H,16,17). The average molecular weight is 257 g/mol. The van der Waals surface area contributed by atoms with Crippen molar-refractivity contribution >= 4 is 5.96 Å². The molecule has 19 heavy (non-hydrogen) atoms. The Labute approximate surface area is 113 Å². The lowest BCUT2D eigenvalue weighted by atomic mass is 10.2. The summed E-state index contributed by atoms with van der Waals surface area (Å²) in [5.41, 5.74) is 1.26. The minimum atomic E-state index is 0.638. The van der Waals surface area contributed by atoms with Crippen LogP contribution < -0.4 is 5.32 Å². The Hall–Kier alpha value is -2.23. The molecule has 0 fully saturated rings. The largest absolute Gasteiger partial charge is 0.467 e. The molecule has 0 saturated carbocycles. The third kappa shape index (κ3) is 3.88. The number of furan rings is 1. The van der Waals surface area contributed by atoms with E-state index in [1.165, 1.54) is 5.56 Å². The Bertz CT molecular complexity index is 505. The van der Waals surface area contributed by atoms with E-state index in [-0.39, 0.29) is 0 Å². The SMILES string of the molecule is CN=C(NCc1ccco1)N(C)Cc1ccccc1. The molecule has 0 radical (unpaired) electrons. The summed E-state index contributed by atoms with van der Waals surface area (Å²) in [6, 6.07) is 14.1. The monoisotopic (exact) mass is 257 g/mol. The van der Waals surface area contributed by atoms with Crippen molar-refractivity contribution in [3.05, 3.63) is 60.1 Å². The smallest absolute Gasteiger partial charge is 0.194 e. The fourth-order valence-corrected chi connectivity index (χ4v) is 1.90. The van der Waals surface area contributed by atoms with Gasteiger partial charge in [0.2, 0.25) is 0 Å². The van der Waals surface area contributed by atoms with E-state index in [2.05, 4.69) is 27.3 Å². The van der Waals surface area contributed by atoms with Crippen molar-refractivity contribution in [1.29, 1.82) is 0 Å². The molecule has 1 aromatic heterocycles. The van der Waals surface area contributed by atoms with E-state index < -0.39 is 0 Å². The highest BCUT2D eigenvalue weighted by molar-refractivity contribution is 5.79. The molecular formula is C15H19N3O. The maximum atomic E-state index is 5.29. The summed E-state index contributed by atoms with van der Waals surface area (Å²) in [4.78, 5) is 6.35. The van der Waals surface area contributed by atoms with Gasteiger partial charge in [0.1, 0.15) is 5.76 Å². The van der Waals surface area contributed by atoms with Crippen molar-refractivity contribution in [3.63, 3.8) is 0 Å². The zero-order valence-corrected chi connectivity index (χ0v) is 11.3. The van der Waals surface area contributed by atoms with Gasteiger partial charge < -0.3 is 14.6 Å². The molecular weight excluding hydrogens is 238 g/mol. The molecule has 4 heteroatoms. The number of benzene rings is 1. The van der Waals surface area contributed by atoms with Crippen LogP contribution in [-0.2, 0) is 13.1 Å². The minimum absolute atomic E-state index is 0.638. The molecule has 2 rings (SSSR count). The molecule has 0 saturated heterocycles. The third-order valence-electron chi connectivity index (χ3n) is 2.84. The second kappa shape index (κ2) is 6.64. The summed E-state index contributed by atoms with van der Waals surface area (Å²) in [5, 5.41) is 3.27. The quantitative estimate of drug-likeness (QED) is 0.676. The summed E-state index contributed by atoms with van der Waals surface area (Å²) >= 11 is 0. The highest BCUT2D eigenvalue weighted by Crippen LogP contribution is 2.04. The summed E-state index contributed by atoms with van der Waals surface area (Å²) in [7, 11) is 3.80. The zero-order chi connectivity index (χ0) is 13.5. The first-order valence-electron chi connectivity index (χ1n) is 6.27. The van der Waals surface area contributed by atoms with E-state index in [1.807, 2.05) is 37.4 Å². The number of nitrogens with one attached hydrogen (secondary N) is 1. The van der Waals surface area contributed by atoms with E-state index in [0.717, 1.165) is 18.3 Å². The number of guanidine groups is 1. The van der Waals surface area contributed by atoms with Crippen LogP contribution in [0.4, 0.5) is 0 Å². The minimum Gasteiger partial charge on any atom is -0.467 e. The number of rotatable bonds is 4. The van der Waals surface area contributed by atoms with Gasteiger partial charge in [-0.25, -0.2) is 0 Å². The molecule has 0 spiro atoms. The van der Waals surface area contributed by atoms with Crippen molar-refractivity contribution in [2.24, 2.45) is 4.99 Å². The van der Waals surface area contributed by atoms with Gasteiger partial charge in [-0.2, -0.15) is 0 Å². The molecule has 0 aliphatic rings. The number of nitrogens with zero attached hydrogens (tertiary/aromatic N) is 2. The van der Waals surface area contributed by atoms with Gasteiger partial charge in [-0.05, 0) is 17.7 Å². The predicted molar refractivity (Wildman–Crippen MR) is 76.8 cm³/mol. The van der Waals surface area contributed by atoms with Crippen LogP contribution in [0.2, 0.25) is 0 Å². The molecule has 4 nitrogen and oxygen atoms in total. The van der Waals surface area contributed by atoms with Crippen LogP contribution in [-0.4, -0.2) is 25.0 Å². The van der Waals surface area contributed by atoms with Gasteiger partial charge in [0, 0.05) is 20.6 Å². The van der Waals surface area contributed by atoms with Crippen LogP contribution in [0.15, 0.2) is 58.1 Å². The molecule has 0 amide bonds. The summed E-state index contributed by atoms with van der Waals surface area (Å²) in [6.45, 7) is 1.46. The Balaban J connectivity index is 1.90. The molecule has 1 heterocycles. The topological polar surface area (TPSA) is 40.8 Å². The van der Waals surface area contributed by atoms with Crippen molar-refractivity contribution in [2.45, 2.75) is 13.1 Å². The fraction of sp³-hybridized carbons (Fsp3) is 0.267. The number of aliphatic imine (C=N–C) groups is 1. The van der Waals surface area contributed by atoms with E-state index >= 15 is 0 Å². The second-order valence-corrected chi connectivity index (χ2v) is 4.32. The molecule has 0 bridgehead atoms. The normalized spacial score (nSPS) is 11.4. The molecule has 0 atom stereocenters. The van der Waals surface area contributed by atoms with E-state index in [0.29, 0.717) is 6.54 Å². The average Bonchev–Trinajstić information content (AvgIpc) is 2.94. The zero-order valence-electron chi connectivity index (χ0n) is 11.3. The second-order valence-electron chi connectivity index (χ2n) is 4.32. The van der Waals surface area contributed by atoms with Crippen molar-refractivity contribution in [2.75, 3.05) is 14.1 Å². The highest BCUT2D eigenvalue weighted by atomic mass is 16.3. The Morgan fingerprint density at radius 1 is 1.21 bits per heavy atom. The lowest BCUT2D eigenvalue weighted by molar-refractivity contribution is 0.459. The molecule has 0 aliphatic carbocycles. The molecule has 0 aliphatic heterocycles. The summed E-state index contributed by atoms with van der Waals surface area (Å²) < 4.78 is 5.29. The van der Waals surface area contributed by atoms with Gasteiger partial charge in [0.05, 0.1) is 12.8 Å². The Kier molecular flexibility index (Phi) is 4.61. The van der Waals surface area contributed by atoms with Crippen LogP contribution in [0, 0.1) is 0 Å². The maximum Gasteiger partial charge on any atom is 0.194 e. The van der Waals surface area contributed by atoms with Gasteiger partial charge in [-0.3, -0.25) is 4.99 Å². The lowest BCUT2D eigenvalue weighted by Gasteiger charge is -2.21. The van der Waals surface area contributed by atoms with Crippen LogP contribution in [0.1, 0.15) is 11.3 Å². The first kappa shape index (κ1) is 13.2. The summed E-state index contributed by atoms with van der Waals surface area (Å²) in [6.07, 6.45) is 1.67. The van der Waals surface area contributed by atoms with Gasteiger partial charge in [0.25, 0.3) is 0 Å². The van der Waals surface area contributed by atoms with Gasteiger partial charge >= 0.3 is 0 Å². The van der Waals surface area contributed by atoms with Gasteiger partial charge in [0.15, 0.2) is 5.96 Å². The van der Waals surface area contributed by atoms with Crippen LogP contribution in [0.25, 0.3) is 0 Å². The van der Waals surface area contributed by atoms with E-state index in [1.54, 1.807) is 13.3 Å². The van der Waals surface area contributed by atoms with Crippen LogP contribution >= 0.6 is 0 Å². The fourth-order valence-electron chi connectivity index (χ4n) is 1.90. The molecule has 0 unspecified atom stereocenters. The molecule has 100 valence electrons. The van der Waals surface area contributed by atoms with Crippen molar-refractivity contribution < 1.29 is 4.42 Å². The van der Waals surface area contributed by atoms with Crippen molar-refractivity contribution in [3.8, 4) is 0 Å². The van der Waals surface area contributed by atoms with E-state index in [4.69, 9.17) is 4.42 Å². The first-order valence-corrected chi connectivity index (χ1v) is 6.27. The molecule has 2 aromatic rings. The lowest BCUT2D eigenvalue weighted by Crippen LogP contribution is -2.37. The van der Waals surface area contributed by atoms with Crippen LogP contribution in [0.5, 0.6) is 0 Å².